The summed E-state index contributed by atoms with van der Waals surface area (Å²) >= 11 is 0. The first-order chi connectivity index (χ1) is 13.3. The summed E-state index contributed by atoms with van der Waals surface area (Å²) in [5.74, 6) is -3.91. The van der Waals surface area contributed by atoms with Crippen LogP contribution < -0.4 is 0 Å². The number of unbranched alkanes of at least 4 members (excludes halogenated alkanes) is 2. The summed E-state index contributed by atoms with van der Waals surface area (Å²) in [6.07, 6.45) is 0.363. The molecule has 5 N–H and O–H groups in total. The first-order valence-electron chi connectivity index (χ1n) is 9.96. The van der Waals surface area contributed by atoms with Gasteiger partial charge in [-0.3, -0.25) is 14.4 Å². The smallest absolute Gasteiger partial charge is 0.166 e. The molecular weight excluding hydrogens is 368 g/mol. The fourth-order valence-electron chi connectivity index (χ4n) is 3.72. The molecule has 0 aromatic rings. The van der Waals surface area contributed by atoms with E-state index < -0.39 is 48.1 Å². The molecule has 0 aliphatic carbocycles. The first kappa shape index (κ1) is 26.8. The second-order valence-corrected chi connectivity index (χ2v) is 7.29. The molecule has 0 bridgehead atoms. The van der Waals surface area contributed by atoms with E-state index in [-0.39, 0.29) is 38.3 Å². The number of aliphatic hydroxyl groups is 5. The Morgan fingerprint density at radius 2 is 1.43 bits per heavy atom. The summed E-state index contributed by atoms with van der Waals surface area (Å²) in [5.41, 5.74) is -1.37. The normalized spacial score (nSPS) is 16.8. The van der Waals surface area contributed by atoms with Crippen LogP contribution >= 0.6 is 0 Å². The molecule has 0 aliphatic rings. The van der Waals surface area contributed by atoms with Crippen molar-refractivity contribution >= 4 is 17.3 Å². The minimum absolute atomic E-state index is 0.0887. The van der Waals surface area contributed by atoms with Crippen molar-refractivity contribution in [2.75, 3.05) is 26.4 Å². The Bertz CT molecular complexity index is 487. The second kappa shape index (κ2) is 13.9. The Kier molecular flexibility index (Phi) is 13.3. The van der Waals surface area contributed by atoms with Crippen LogP contribution in [0.15, 0.2) is 0 Å². The lowest BCUT2D eigenvalue weighted by Gasteiger charge is -2.37. The number of carbonyl (C=O) groups excluding carboxylic acids is 3. The maximum Gasteiger partial charge on any atom is 0.166 e. The third-order valence-corrected chi connectivity index (χ3v) is 5.69. The van der Waals surface area contributed by atoms with Gasteiger partial charge in [-0.15, -0.1) is 0 Å². The molecule has 0 heterocycles. The van der Waals surface area contributed by atoms with Crippen LogP contribution in [0.2, 0.25) is 0 Å². The highest BCUT2D eigenvalue weighted by Gasteiger charge is 2.47. The van der Waals surface area contributed by atoms with E-state index in [9.17, 15) is 29.7 Å². The van der Waals surface area contributed by atoms with Gasteiger partial charge >= 0.3 is 0 Å². The molecule has 0 fully saturated rings. The van der Waals surface area contributed by atoms with E-state index in [4.69, 9.17) is 10.2 Å². The predicted octanol–water partition coefficient (Wildman–Crippen LogP) is 0.0131. The van der Waals surface area contributed by atoms with Crippen molar-refractivity contribution in [1.82, 2.24) is 0 Å². The van der Waals surface area contributed by atoms with Gasteiger partial charge in [0.05, 0.1) is 17.9 Å². The topological polar surface area (TPSA) is 152 Å². The monoisotopic (exact) mass is 404 g/mol. The Labute approximate surface area is 166 Å². The van der Waals surface area contributed by atoms with Gasteiger partial charge in [-0.25, -0.2) is 0 Å². The molecule has 0 rings (SSSR count). The quantitative estimate of drug-likeness (QED) is 0.213. The van der Waals surface area contributed by atoms with E-state index in [0.29, 0.717) is 25.7 Å². The summed E-state index contributed by atoms with van der Waals surface area (Å²) in [6.45, 7) is 1.39. The van der Waals surface area contributed by atoms with Crippen LogP contribution in [-0.4, -0.2) is 75.4 Å². The lowest BCUT2D eigenvalue weighted by molar-refractivity contribution is -0.151. The molecule has 0 radical (unpaired) electrons. The molecule has 8 heteroatoms. The van der Waals surface area contributed by atoms with Crippen molar-refractivity contribution in [3.05, 3.63) is 0 Å². The van der Waals surface area contributed by atoms with E-state index in [2.05, 4.69) is 0 Å². The maximum atomic E-state index is 13.1. The van der Waals surface area contributed by atoms with Crippen molar-refractivity contribution in [2.45, 2.75) is 64.9 Å². The van der Waals surface area contributed by atoms with Crippen molar-refractivity contribution in [3.63, 3.8) is 0 Å². The van der Waals surface area contributed by atoms with Gasteiger partial charge in [0.25, 0.3) is 0 Å². The Morgan fingerprint density at radius 1 is 0.893 bits per heavy atom. The number of aliphatic hydroxyl groups excluding tert-OH is 5. The Morgan fingerprint density at radius 3 is 1.82 bits per heavy atom. The fourth-order valence-corrected chi connectivity index (χ4v) is 3.72. The van der Waals surface area contributed by atoms with Gasteiger partial charge in [-0.1, -0.05) is 19.8 Å². The van der Waals surface area contributed by atoms with Gasteiger partial charge in [-0.05, 0) is 39.0 Å². The van der Waals surface area contributed by atoms with Crippen LogP contribution in [0, 0.1) is 17.3 Å². The minimum Gasteiger partial charge on any atom is -0.396 e. The molecule has 28 heavy (non-hydrogen) atoms. The predicted molar refractivity (Wildman–Crippen MR) is 102 cm³/mol. The summed E-state index contributed by atoms with van der Waals surface area (Å²) < 4.78 is 0. The number of rotatable bonds is 17. The Hall–Kier alpha value is -1.19. The molecule has 0 aromatic carbocycles. The van der Waals surface area contributed by atoms with Crippen LogP contribution in [0.25, 0.3) is 0 Å². The zero-order valence-electron chi connectivity index (χ0n) is 17.0. The summed E-state index contributed by atoms with van der Waals surface area (Å²) in [4.78, 5) is 37.5. The van der Waals surface area contributed by atoms with Crippen LogP contribution in [0.4, 0.5) is 0 Å². The molecule has 0 aliphatic heterocycles. The number of hydrogen-bond acceptors (Lipinski definition) is 8. The molecular formula is C20H36O8. The first-order valence-corrected chi connectivity index (χ1v) is 9.96. The average molecular weight is 405 g/mol. The van der Waals surface area contributed by atoms with Gasteiger partial charge in [0.2, 0.25) is 0 Å². The lowest BCUT2D eigenvalue weighted by Crippen LogP contribution is -2.49. The highest BCUT2D eigenvalue weighted by Crippen LogP contribution is 2.38. The van der Waals surface area contributed by atoms with E-state index in [0.717, 1.165) is 0 Å². The third-order valence-electron chi connectivity index (χ3n) is 5.69. The van der Waals surface area contributed by atoms with Crippen molar-refractivity contribution < 1.29 is 39.9 Å². The van der Waals surface area contributed by atoms with Gasteiger partial charge in [0, 0.05) is 19.1 Å². The van der Waals surface area contributed by atoms with Gasteiger partial charge < -0.3 is 25.5 Å². The molecule has 0 saturated heterocycles. The van der Waals surface area contributed by atoms with Gasteiger partial charge in [0.15, 0.2) is 11.6 Å². The largest absolute Gasteiger partial charge is 0.396 e. The molecule has 0 aromatic heterocycles. The van der Waals surface area contributed by atoms with Crippen molar-refractivity contribution in [2.24, 2.45) is 17.3 Å². The minimum atomic E-state index is -1.71. The third kappa shape index (κ3) is 7.00. The summed E-state index contributed by atoms with van der Waals surface area (Å²) in [7, 11) is 0. The van der Waals surface area contributed by atoms with Crippen LogP contribution in [0.5, 0.6) is 0 Å². The van der Waals surface area contributed by atoms with Crippen molar-refractivity contribution in [3.8, 4) is 0 Å². The number of ketones is 3. The zero-order chi connectivity index (χ0) is 21.7. The van der Waals surface area contributed by atoms with E-state index in [1.807, 2.05) is 0 Å². The van der Waals surface area contributed by atoms with Gasteiger partial charge in [-0.2, -0.15) is 0 Å². The van der Waals surface area contributed by atoms with E-state index >= 15 is 0 Å². The van der Waals surface area contributed by atoms with E-state index in [1.54, 1.807) is 6.92 Å². The number of hydrogen-bond donors (Lipinski definition) is 5. The highest BCUT2D eigenvalue weighted by molar-refractivity contribution is 5.97. The second-order valence-electron chi connectivity index (χ2n) is 7.29. The maximum absolute atomic E-state index is 13.1. The number of Topliss-reactive ketones (excluding diaryl/α,β-unsaturated/α-hetero) is 3. The van der Waals surface area contributed by atoms with Gasteiger partial charge in [0.1, 0.15) is 18.5 Å². The van der Waals surface area contributed by atoms with Crippen molar-refractivity contribution in [1.29, 1.82) is 0 Å². The van der Waals surface area contributed by atoms with Crippen LogP contribution in [-0.2, 0) is 14.4 Å². The molecule has 0 spiro atoms. The Balaban J connectivity index is 5.78. The van der Waals surface area contributed by atoms with E-state index in [1.165, 1.54) is 6.92 Å². The molecule has 0 amide bonds. The highest BCUT2D eigenvalue weighted by atomic mass is 16.3. The molecule has 4 unspecified atom stereocenters. The summed E-state index contributed by atoms with van der Waals surface area (Å²) in [5, 5.41) is 47.7. The van der Waals surface area contributed by atoms with Crippen LogP contribution in [0.1, 0.15) is 58.8 Å². The molecule has 8 nitrogen and oxygen atoms in total. The standard InChI is InChI=1S/C20H36O8/c1-3-20(13-24,14(2)25)16(9-5-7-11-22)19(28)18(27)15(17(26)12-23)8-4-6-10-21/h15-16,18,21-24,27H,3-13H2,1-2H3. The zero-order valence-corrected chi connectivity index (χ0v) is 17.0. The molecule has 0 saturated carbocycles. The fraction of sp³-hybridized carbons (Fsp3) is 0.850. The van der Waals surface area contributed by atoms with Crippen LogP contribution in [0.3, 0.4) is 0 Å². The average Bonchev–Trinajstić information content (AvgIpc) is 2.69. The lowest BCUT2D eigenvalue weighted by atomic mass is 9.65. The molecule has 164 valence electrons. The summed E-state index contributed by atoms with van der Waals surface area (Å²) in [6, 6.07) is 0. The number of carbonyl (C=O) groups is 3. The SMILES string of the molecule is CCC(CO)(C(C)=O)C(CCCCO)C(=O)C(O)C(CCCCO)C(=O)CO. The molecule has 4 atom stereocenters.